The van der Waals surface area contributed by atoms with Gasteiger partial charge in [-0.1, -0.05) is 19.1 Å². The van der Waals surface area contributed by atoms with Crippen LogP contribution in [0.4, 0.5) is 5.69 Å². The summed E-state index contributed by atoms with van der Waals surface area (Å²) in [5, 5.41) is 12.3. The Labute approximate surface area is 123 Å². The van der Waals surface area contributed by atoms with Gasteiger partial charge in [-0.2, -0.15) is 0 Å². The molecule has 0 radical (unpaired) electrons. The van der Waals surface area contributed by atoms with Gasteiger partial charge in [0, 0.05) is 18.8 Å². The third-order valence-corrected chi connectivity index (χ3v) is 3.93. The molecule has 21 heavy (non-hydrogen) atoms. The third kappa shape index (κ3) is 3.27. The van der Waals surface area contributed by atoms with Crippen molar-refractivity contribution in [2.75, 3.05) is 5.32 Å². The maximum atomic E-state index is 11.9. The Morgan fingerprint density at radius 3 is 2.81 bits per heavy atom. The highest BCUT2D eigenvalue weighted by Gasteiger charge is 2.36. The Morgan fingerprint density at radius 2 is 2.10 bits per heavy atom. The van der Waals surface area contributed by atoms with Gasteiger partial charge in [0.05, 0.1) is 5.69 Å². The Kier molecular flexibility index (Phi) is 3.69. The minimum absolute atomic E-state index is 0.0776. The molecule has 110 valence electrons. The first-order chi connectivity index (χ1) is 10.1. The van der Waals surface area contributed by atoms with Crippen molar-refractivity contribution < 1.29 is 14.3 Å². The van der Waals surface area contributed by atoms with Crippen molar-refractivity contribution in [3.05, 3.63) is 47.9 Å². The number of aryl methyl sites for hydroxylation is 1. The van der Waals surface area contributed by atoms with E-state index in [9.17, 15) is 9.90 Å². The lowest BCUT2D eigenvalue weighted by Crippen LogP contribution is -2.12. The SMILES string of the molecule is C[C@H]1C[C@@H]1c1ccc(CCC(=O)Nc2ccccc2O)o1. The lowest BCUT2D eigenvalue weighted by molar-refractivity contribution is -0.116. The van der Waals surface area contributed by atoms with Gasteiger partial charge >= 0.3 is 0 Å². The van der Waals surface area contributed by atoms with Gasteiger partial charge in [0.1, 0.15) is 17.3 Å². The van der Waals surface area contributed by atoms with Crippen molar-refractivity contribution in [1.82, 2.24) is 0 Å². The van der Waals surface area contributed by atoms with Crippen LogP contribution in [0.2, 0.25) is 0 Å². The Hall–Kier alpha value is -2.23. The number of carbonyl (C=O) groups is 1. The largest absolute Gasteiger partial charge is 0.506 e. The van der Waals surface area contributed by atoms with E-state index in [-0.39, 0.29) is 11.7 Å². The molecule has 2 aromatic rings. The van der Waals surface area contributed by atoms with Crippen LogP contribution in [0.15, 0.2) is 40.8 Å². The van der Waals surface area contributed by atoms with Gasteiger partial charge in [-0.05, 0) is 36.6 Å². The van der Waals surface area contributed by atoms with Crippen molar-refractivity contribution in [2.45, 2.75) is 32.1 Å². The molecule has 1 aliphatic carbocycles. The molecule has 1 saturated carbocycles. The van der Waals surface area contributed by atoms with Gasteiger partial charge in [-0.15, -0.1) is 0 Å². The van der Waals surface area contributed by atoms with Crippen LogP contribution in [0.25, 0.3) is 0 Å². The molecule has 1 aliphatic rings. The molecule has 2 atom stereocenters. The zero-order valence-corrected chi connectivity index (χ0v) is 12.0. The molecule has 1 fully saturated rings. The predicted octanol–water partition coefficient (Wildman–Crippen LogP) is 3.68. The number of carbonyl (C=O) groups excluding carboxylic acids is 1. The van der Waals surface area contributed by atoms with E-state index in [1.807, 2.05) is 12.1 Å². The van der Waals surface area contributed by atoms with Crippen LogP contribution in [0, 0.1) is 5.92 Å². The topological polar surface area (TPSA) is 62.5 Å². The van der Waals surface area contributed by atoms with Crippen LogP contribution in [0.1, 0.15) is 37.2 Å². The number of anilines is 1. The van der Waals surface area contributed by atoms with E-state index < -0.39 is 0 Å². The highest BCUT2D eigenvalue weighted by atomic mass is 16.3. The monoisotopic (exact) mass is 285 g/mol. The molecular formula is C17H19NO3. The van der Waals surface area contributed by atoms with Gasteiger partial charge < -0.3 is 14.8 Å². The number of hydrogen-bond acceptors (Lipinski definition) is 3. The molecule has 2 N–H and O–H groups in total. The normalized spacial score (nSPS) is 20.2. The third-order valence-electron chi connectivity index (χ3n) is 3.93. The van der Waals surface area contributed by atoms with Gasteiger partial charge in [0.15, 0.2) is 0 Å². The van der Waals surface area contributed by atoms with Crippen molar-refractivity contribution in [2.24, 2.45) is 5.92 Å². The van der Waals surface area contributed by atoms with E-state index in [1.165, 1.54) is 6.42 Å². The lowest BCUT2D eigenvalue weighted by Gasteiger charge is -2.06. The summed E-state index contributed by atoms with van der Waals surface area (Å²) in [6.45, 7) is 2.21. The minimum Gasteiger partial charge on any atom is -0.506 e. The fraction of sp³-hybridized carbons (Fsp3) is 0.353. The van der Waals surface area contributed by atoms with Crippen molar-refractivity contribution in [3.8, 4) is 5.75 Å². The van der Waals surface area contributed by atoms with E-state index in [2.05, 4.69) is 12.2 Å². The number of para-hydroxylation sites is 2. The van der Waals surface area contributed by atoms with Crippen LogP contribution < -0.4 is 5.32 Å². The summed E-state index contributed by atoms with van der Waals surface area (Å²) in [7, 11) is 0. The molecule has 1 amide bonds. The number of phenolic OH excluding ortho intramolecular Hbond substituents is 1. The number of rotatable bonds is 5. The first-order valence-electron chi connectivity index (χ1n) is 7.30. The van der Waals surface area contributed by atoms with Crippen molar-refractivity contribution in [3.63, 3.8) is 0 Å². The van der Waals surface area contributed by atoms with Gasteiger partial charge in [0.25, 0.3) is 0 Å². The molecule has 4 heteroatoms. The predicted molar refractivity (Wildman–Crippen MR) is 80.3 cm³/mol. The number of hydrogen-bond donors (Lipinski definition) is 2. The summed E-state index contributed by atoms with van der Waals surface area (Å²) in [6, 6.07) is 10.7. The molecule has 0 unspecified atom stereocenters. The quantitative estimate of drug-likeness (QED) is 0.824. The highest BCUT2D eigenvalue weighted by molar-refractivity contribution is 5.92. The zero-order valence-electron chi connectivity index (χ0n) is 12.0. The fourth-order valence-electron chi connectivity index (χ4n) is 2.48. The average Bonchev–Trinajstić information content (AvgIpc) is 3.01. The second-order valence-electron chi connectivity index (χ2n) is 5.69. The molecule has 0 spiro atoms. The van der Waals surface area contributed by atoms with Crippen molar-refractivity contribution in [1.29, 1.82) is 0 Å². The average molecular weight is 285 g/mol. The van der Waals surface area contributed by atoms with E-state index in [0.717, 1.165) is 11.5 Å². The van der Waals surface area contributed by atoms with E-state index in [0.29, 0.717) is 30.4 Å². The standard InChI is InChI=1S/C17H19NO3/c1-11-10-13(11)16-8-6-12(21-16)7-9-17(20)18-14-4-2-3-5-15(14)19/h2-6,8,11,13,19H,7,9-10H2,1H3,(H,18,20)/t11-,13-/m0/s1. The molecule has 1 aromatic heterocycles. The first kappa shape index (κ1) is 13.7. The Bertz CT molecular complexity index is 647. The molecule has 0 bridgehead atoms. The number of amides is 1. The number of benzene rings is 1. The summed E-state index contributed by atoms with van der Waals surface area (Å²) in [5.41, 5.74) is 0.439. The second kappa shape index (κ2) is 5.64. The van der Waals surface area contributed by atoms with Crippen LogP contribution >= 0.6 is 0 Å². The van der Waals surface area contributed by atoms with Crippen LogP contribution in [0.5, 0.6) is 5.75 Å². The number of nitrogens with one attached hydrogen (secondary N) is 1. The van der Waals surface area contributed by atoms with Gasteiger partial charge in [-0.3, -0.25) is 4.79 Å². The summed E-state index contributed by atoms with van der Waals surface area (Å²) in [5.74, 6) is 3.11. The Balaban J connectivity index is 1.52. The molecular weight excluding hydrogens is 266 g/mol. The first-order valence-corrected chi connectivity index (χ1v) is 7.30. The summed E-state index contributed by atoms with van der Waals surface area (Å²) >= 11 is 0. The van der Waals surface area contributed by atoms with E-state index >= 15 is 0 Å². The van der Waals surface area contributed by atoms with Gasteiger partial charge in [-0.25, -0.2) is 0 Å². The lowest BCUT2D eigenvalue weighted by atomic mass is 10.2. The number of aromatic hydroxyl groups is 1. The molecule has 1 heterocycles. The van der Waals surface area contributed by atoms with E-state index in [1.54, 1.807) is 24.3 Å². The maximum Gasteiger partial charge on any atom is 0.224 e. The maximum absolute atomic E-state index is 11.9. The molecule has 0 aliphatic heterocycles. The molecule has 3 rings (SSSR count). The number of phenols is 1. The summed E-state index contributed by atoms with van der Waals surface area (Å²) < 4.78 is 5.77. The van der Waals surface area contributed by atoms with Crippen molar-refractivity contribution >= 4 is 11.6 Å². The van der Waals surface area contributed by atoms with Crippen LogP contribution in [-0.4, -0.2) is 11.0 Å². The highest BCUT2D eigenvalue weighted by Crippen LogP contribution is 2.47. The molecule has 1 aromatic carbocycles. The van der Waals surface area contributed by atoms with Crippen LogP contribution in [0.3, 0.4) is 0 Å². The van der Waals surface area contributed by atoms with E-state index in [4.69, 9.17) is 4.42 Å². The minimum atomic E-state index is -0.130. The Morgan fingerprint density at radius 1 is 1.33 bits per heavy atom. The zero-order chi connectivity index (χ0) is 14.8. The molecule has 4 nitrogen and oxygen atoms in total. The molecule has 0 saturated heterocycles. The number of furan rings is 1. The fourth-order valence-corrected chi connectivity index (χ4v) is 2.48. The summed E-state index contributed by atoms with van der Waals surface area (Å²) in [6.07, 6.45) is 2.10. The summed E-state index contributed by atoms with van der Waals surface area (Å²) in [4.78, 5) is 11.9. The second-order valence-corrected chi connectivity index (χ2v) is 5.69. The van der Waals surface area contributed by atoms with Gasteiger partial charge in [0.2, 0.25) is 5.91 Å². The smallest absolute Gasteiger partial charge is 0.224 e. The van der Waals surface area contributed by atoms with Crippen LogP contribution in [-0.2, 0) is 11.2 Å².